The first-order valence-electron chi connectivity index (χ1n) is 4.30. The lowest BCUT2D eigenvalue weighted by molar-refractivity contribution is 0.456. The van der Waals surface area contributed by atoms with Gasteiger partial charge in [-0.15, -0.1) is 0 Å². The van der Waals surface area contributed by atoms with Crippen molar-refractivity contribution in [1.29, 1.82) is 10.5 Å². The molecule has 0 saturated carbocycles. The van der Waals surface area contributed by atoms with Crippen molar-refractivity contribution in [2.45, 2.75) is 25.5 Å². The Morgan fingerprint density at radius 3 is 2.21 bits per heavy atom. The lowest BCUT2D eigenvalue weighted by Gasteiger charge is -2.19. The van der Waals surface area contributed by atoms with E-state index in [4.69, 9.17) is 10.5 Å². The highest BCUT2D eigenvalue weighted by molar-refractivity contribution is 7.90. The Hall–Kier alpha value is -1.11. The van der Waals surface area contributed by atoms with Crippen LogP contribution in [0.3, 0.4) is 0 Å². The Morgan fingerprint density at radius 2 is 1.93 bits per heavy atom. The average Bonchev–Trinajstić information content (AvgIpc) is 2.15. The molecule has 0 bridgehead atoms. The molecule has 1 atom stereocenters. The van der Waals surface area contributed by atoms with Gasteiger partial charge in [0.1, 0.15) is 6.54 Å². The number of hydrogen-bond donors (Lipinski definition) is 0. The van der Waals surface area contributed by atoms with Crippen molar-refractivity contribution in [2.24, 2.45) is 0 Å². The average molecular weight is 215 g/mol. The molecule has 6 heteroatoms. The maximum Gasteiger partial charge on any atom is 0.231 e. The quantitative estimate of drug-likeness (QED) is 0.624. The fourth-order valence-electron chi connectivity index (χ4n) is 1.01. The minimum Gasteiger partial charge on any atom is -0.211 e. The molecule has 0 aromatic heterocycles. The number of rotatable bonds is 5. The van der Waals surface area contributed by atoms with Crippen molar-refractivity contribution in [3.63, 3.8) is 0 Å². The van der Waals surface area contributed by atoms with Crippen molar-refractivity contribution in [3.8, 4) is 12.1 Å². The molecule has 0 aliphatic carbocycles. The normalized spacial score (nSPS) is 13.2. The van der Waals surface area contributed by atoms with Crippen LogP contribution in [0.15, 0.2) is 0 Å². The van der Waals surface area contributed by atoms with E-state index in [9.17, 15) is 8.42 Å². The van der Waals surface area contributed by atoms with Gasteiger partial charge in [0.2, 0.25) is 10.0 Å². The van der Waals surface area contributed by atoms with E-state index in [2.05, 4.69) is 0 Å². The number of nitrogens with zero attached hydrogens (tertiary/aromatic N) is 3. The van der Waals surface area contributed by atoms with Gasteiger partial charge < -0.3 is 0 Å². The predicted molar refractivity (Wildman–Crippen MR) is 51.5 cm³/mol. The molecule has 0 aliphatic heterocycles. The van der Waals surface area contributed by atoms with Gasteiger partial charge in [0.25, 0.3) is 0 Å². The molecule has 14 heavy (non-hydrogen) atoms. The monoisotopic (exact) mass is 215 g/mol. The fraction of sp³-hybridized carbons (Fsp3) is 0.750. The largest absolute Gasteiger partial charge is 0.231 e. The minimum absolute atomic E-state index is 0.197. The maximum absolute atomic E-state index is 11.7. The summed E-state index contributed by atoms with van der Waals surface area (Å²) in [6.07, 6.45) is 0.237. The van der Waals surface area contributed by atoms with E-state index < -0.39 is 15.3 Å². The number of hydrogen-bond acceptors (Lipinski definition) is 4. The van der Waals surface area contributed by atoms with Gasteiger partial charge in [-0.2, -0.15) is 14.8 Å². The first-order chi connectivity index (χ1) is 6.54. The molecule has 1 unspecified atom stereocenters. The Morgan fingerprint density at radius 1 is 1.36 bits per heavy atom. The molecule has 0 amide bonds. The molecular formula is C8H13N3O2S. The second-order valence-corrected chi connectivity index (χ2v) is 4.77. The van der Waals surface area contributed by atoms with Crippen molar-refractivity contribution in [2.75, 3.05) is 13.1 Å². The van der Waals surface area contributed by atoms with E-state index >= 15 is 0 Å². The van der Waals surface area contributed by atoms with Crippen molar-refractivity contribution in [3.05, 3.63) is 0 Å². The molecule has 0 spiro atoms. The van der Waals surface area contributed by atoms with Crippen LogP contribution < -0.4 is 0 Å². The van der Waals surface area contributed by atoms with Crippen LogP contribution in [0, 0.1) is 22.7 Å². The zero-order chi connectivity index (χ0) is 11.2. The van der Waals surface area contributed by atoms with E-state index in [1.54, 1.807) is 26.0 Å². The molecule has 0 radical (unpaired) electrons. The zero-order valence-corrected chi connectivity index (χ0v) is 9.08. The summed E-state index contributed by atoms with van der Waals surface area (Å²) in [6.45, 7) is 3.29. The summed E-state index contributed by atoms with van der Waals surface area (Å²) in [7, 11) is -3.63. The molecule has 0 fully saturated rings. The van der Waals surface area contributed by atoms with Gasteiger partial charge >= 0.3 is 0 Å². The van der Waals surface area contributed by atoms with E-state index in [-0.39, 0.29) is 19.5 Å². The molecule has 0 rings (SSSR count). The summed E-state index contributed by atoms with van der Waals surface area (Å²) >= 11 is 0. The molecule has 0 aliphatic rings. The van der Waals surface area contributed by atoms with Crippen LogP contribution in [0.5, 0.6) is 0 Å². The van der Waals surface area contributed by atoms with E-state index in [1.165, 1.54) is 0 Å². The fourth-order valence-corrected chi connectivity index (χ4v) is 2.52. The highest BCUT2D eigenvalue weighted by Gasteiger charge is 2.29. The Bertz CT molecular complexity index is 350. The second kappa shape index (κ2) is 5.58. The predicted octanol–water partition coefficient (Wildman–Crippen LogP) is 0.464. The van der Waals surface area contributed by atoms with Gasteiger partial charge in [0, 0.05) is 6.54 Å². The smallest absolute Gasteiger partial charge is 0.211 e. The third kappa shape index (κ3) is 2.69. The van der Waals surface area contributed by atoms with E-state index in [1.807, 2.05) is 0 Å². The summed E-state index contributed by atoms with van der Waals surface area (Å²) in [6, 6.07) is 3.49. The minimum atomic E-state index is -3.63. The van der Waals surface area contributed by atoms with Crippen LogP contribution in [0.25, 0.3) is 0 Å². The standard InChI is InChI=1S/C8H13N3O2S/c1-3-8(7-10)14(12,13)11(4-2)6-5-9/h8H,3-4,6H2,1-2H3. The molecule has 78 valence electrons. The van der Waals surface area contributed by atoms with E-state index in [0.29, 0.717) is 0 Å². The van der Waals surface area contributed by atoms with Crippen molar-refractivity contribution in [1.82, 2.24) is 4.31 Å². The highest BCUT2D eigenvalue weighted by atomic mass is 32.2. The first kappa shape index (κ1) is 12.9. The van der Waals surface area contributed by atoms with Crippen molar-refractivity contribution >= 4 is 10.0 Å². The molecule has 0 saturated heterocycles. The van der Waals surface area contributed by atoms with Gasteiger partial charge in [-0.3, -0.25) is 0 Å². The second-order valence-electron chi connectivity index (χ2n) is 2.66. The Kier molecular flexibility index (Phi) is 5.14. The van der Waals surface area contributed by atoms with Crippen LogP contribution in [-0.4, -0.2) is 31.1 Å². The zero-order valence-electron chi connectivity index (χ0n) is 8.27. The summed E-state index contributed by atoms with van der Waals surface area (Å²) in [5.41, 5.74) is 0. The SMILES string of the molecule is CCC(C#N)S(=O)(=O)N(CC)CC#N. The lowest BCUT2D eigenvalue weighted by atomic mass is 10.4. The van der Waals surface area contributed by atoms with Crippen LogP contribution in [0.4, 0.5) is 0 Å². The van der Waals surface area contributed by atoms with Gasteiger partial charge in [0.05, 0.1) is 12.1 Å². The van der Waals surface area contributed by atoms with Gasteiger partial charge in [0.15, 0.2) is 5.25 Å². The van der Waals surface area contributed by atoms with Gasteiger partial charge in [-0.25, -0.2) is 8.42 Å². The summed E-state index contributed by atoms with van der Waals surface area (Å²) < 4.78 is 24.4. The van der Waals surface area contributed by atoms with Gasteiger partial charge in [-0.1, -0.05) is 13.8 Å². The molecule has 5 nitrogen and oxygen atoms in total. The van der Waals surface area contributed by atoms with Crippen LogP contribution in [0.1, 0.15) is 20.3 Å². The molecular weight excluding hydrogens is 202 g/mol. The lowest BCUT2D eigenvalue weighted by Crippen LogP contribution is -2.38. The maximum atomic E-state index is 11.7. The highest BCUT2D eigenvalue weighted by Crippen LogP contribution is 2.10. The van der Waals surface area contributed by atoms with Crippen LogP contribution >= 0.6 is 0 Å². The molecule has 0 aromatic rings. The number of sulfonamides is 1. The van der Waals surface area contributed by atoms with Gasteiger partial charge in [-0.05, 0) is 6.42 Å². The first-order valence-corrected chi connectivity index (χ1v) is 5.80. The molecule has 0 N–H and O–H groups in total. The molecule has 0 aromatic carbocycles. The van der Waals surface area contributed by atoms with Crippen molar-refractivity contribution < 1.29 is 8.42 Å². The van der Waals surface area contributed by atoms with Crippen LogP contribution in [0.2, 0.25) is 0 Å². The Labute approximate surface area is 84.6 Å². The topological polar surface area (TPSA) is 85.0 Å². The summed E-state index contributed by atoms with van der Waals surface area (Å²) in [5.74, 6) is 0. The van der Waals surface area contributed by atoms with E-state index in [0.717, 1.165) is 4.31 Å². The molecule has 0 heterocycles. The van der Waals surface area contributed by atoms with Crippen LogP contribution in [-0.2, 0) is 10.0 Å². The Balaban J connectivity index is 4.94. The number of nitriles is 2. The summed E-state index contributed by atoms with van der Waals surface area (Å²) in [5, 5.41) is 16.0. The third-order valence-electron chi connectivity index (χ3n) is 1.83. The third-order valence-corrected chi connectivity index (χ3v) is 4.10. The summed E-state index contributed by atoms with van der Waals surface area (Å²) in [4.78, 5) is 0.